The van der Waals surface area contributed by atoms with E-state index < -0.39 is 17.7 Å². The molecule has 4 rings (SSSR count). The SMILES string of the molecule is CCn1c(SCC(=O)Nc2nc(-c3ccc(Cl)cc3)cs2)nnc1C(C)Oc1ccc(F)cc1F. The summed E-state index contributed by atoms with van der Waals surface area (Å²) < 4.78 is 34.5. The second kappa shape index (κ2) is 11.1. The molecule has 1 amide bonds. The molecule has 0 spiro atoms. The molecular formula is C23H20ClF2N5O2S2. The van der Waals surface area contributed by atoms with Gasteiger partial charge in [0.05, 0.1) is 11.4 Å². The van der Waals surface area contributed by atoms with Gasteiger partial charge in [-0.15, -0.1) is 21.5 Å². The molecule has 2 heterocycles. The Morgan fingerprint density at radius 2 is 2.00 bits per heavy atom. The zero-order valence-corrected chi connectivity index (χ0v) is 21.1. The fraction of sp³-hybridized carbons (Fsp3) is 0.217. The molecule has 0 aliphatic carbocycles. The maximum atomic E-state index is 14.0. The van der Waals surface area contributed by atoms with Gasteiger partial charge in [0, 0.05) is 28.6 Å². The topological polar surface area (TPSA) is 81.9 Å². The molecule has 1 unspecified atom stereocenters. The third kappa shape index (κ3) is 6.16. The molecule has 0 radical (unpaired) electrons. The van der Waals surface area contributed by atoms with Crippen LogP contribution < -0.4 is 10.1 Å². The zero-order chi connectivity index (χ0) is 24.9. The number of thioether (sulfide) groups is 1. The van der Waals surface area contributed by atoms with Gasteiger partial charge in [-0.2, -0.15) is 0 Å². The number of anilines is 1. The molecule has 4 aromatic rings. The monoisotopic (exact) mass is 535 g/mol. The van der Waals surface area contributed by atoms with Crippen LogP contribution in [0.3, 0.4) is 0 Å². The van der Waals surface area contributed by atoms with Crippen molar-refractivity contribution >= 4 is 45.7 Å². The normalized spacial score (nSPS) is 11.9. The van der Waals surface area contributed by atoms with Crippen molar-refractivity contribution in [2.75, 3.05) is 11.1 Å². The van der Waals surface area contributed by atoms with E-state index in [0.717, 1.165) is 23.4 Å². The third-order valence-electron chi connectivity index (χ3n) is 4.85. The second-order valence-electron chi connectivity index (χ2n) is 7.30. The van der Waals surface area contributed by atoms with Crippen molar-refractivity contribution < 1.29 is 18.3 Å². The van der Waals surface area contributed by atoms with Gasteiger partial charge >= 0.3 is 0 Å². The standard InChI is InChI=1S/C23H20ClF2N5O2S2/c1-3-31-21(13(2)33-19-9-8-16(25)10-17(19)26)29-30-23(31)35-12-20(32)28-22-27-18(11-34-22)14-4-6-15(24)7-5-14/h4-11,13H,3,12H2,1-2H3,(H,27,28,32). The minimum atomic E-state index is -0.799. The number of hydrogen-bond acceptors (Lipinski definition) is 7. The summed E-state index contributed by atoms with van der Waals surface area (Å²) in [5.74, 6) is -1.25. The summed E-state index contributed by atoms with van der Waals surface area (Å²) in [7, 11) is 0. The fourth-order valence-electron chi connectivity index (χ4n) is 3.19. The Hall–Kier alpha value is -3.02. The van der Waals surface area contributed by atoms with Crippen molar-refractivity contribution in [3.63, 3.8) is 0 Å². The van der Waals surface area contributed by atoms with E-state index in [-0.39, 0.29) is 17.4 Å². The maximum Gasteiger partial charge on any atom is 0.236 e. The number of carbonyl (C=O) groups is 1. The van der Waals surface area contributed by atoms with Gasteiger partial charge in [-0.25, -0.2) is 13.8 Å². The van der Waals surface area contributed by atoms with E-state index in [1.165, 1.54) is 29.2 Å². The predicted octanol–water partition coefficient (Wildman–Crippen LogP) is 6.22. The van der Waals surface area contributed by atoms with Gasteiger partial charge in [0.25, 0.3) is 0 Å². The van der Waals surface area contributed by atoms with Crippen molar-refractivity contribution in [3.8, 4) is 17.0 Å². The lowest BCUT2D eigenvalue weighted by Gasteiger charge is -2.16. The Balaban J connectivity index is 1.36. The fourth-order valence-corrected chi connectivity index (χ4v) is 4.86. The van der Waals surface area contributed by atoms with Crippen molar-refractivity contribution in [2.45, 2.75) is 31.7 Å². The van der Waals surface area contributed by atoms with E-state index in [0.29, 0.717) is 27.7 Å². The number of thiazole rings is 1. The first-order valence-electron chi connectivity index (χ1n) is 10.5. The van der Waals surface area contributed by atoms with Crippen LogP contribution in [0.5, 0.6) is 5.75 Å². The van der Waals surface area contributed by atoms with Crippen LogP contribution in [0.1, 0.15) is 25.8 Å². The number of nitrogens with one attached hydrogen (secondary N) is 1. The summed E-state index contributed by atoms with van der Waals surface area (Å²) in [6.45, 7) is 4.11. The van der Waals surface area contributed by atoms with Crippen molar-refractivity contribution in [3.05, 3.63) is 70.3 Å². The van der Waals surface area contributed by atoms with Crippen molar-refractivity contribution in [2.24, 2.45) is 0 Å². The quantitative estimate of drug-likeness (QED) is 0.256. The van der Waals surface area contributed by atoms with Crippen LogP contribution in [-0.2, 0) is 11.3 Å². The number of carbonyl (C=O) groups excluding carboxylic acids is 1. The predicted molar refractivity (Wildman–Crippen MR) is 133 cm³/mol. The van der Waals surface area contributed by atoms with E-state index in [4.69, 9.17) is 16.3 Å². The van der Waals surface area contributed by atoms with Crippen LogP contribution in [0.25, 0.3) is 11.3 Å². The molecule has 0 fully saturated rings. The largest absolute Gasteiger partial charge is 0.480 e. The highest BCUT2D eigenvalue weighted by molar-refractivity contribution is 7.99. The number of hydrogen-bond donors (Lipinski definition) is 1. The Morgan fingerprint density at radius 1 is 1.23 bits per heavy atom. The van der Waals surface area contributed by atoms with E-state index >= 15 is 0 Å². The first-order chi connectivity index (χ1) is 16.8. The average Bonchev–Trinajstić information content (AvgIpc) is 3.47. The molecule has 1 N–H and O–H groups in total. The molecule has 2 aromatic heterocycles. The molecule has 0 saturated carbocycles. The van der Waals surface area contributed by atoms with Gasteiger partial charge in [0.15, 0.2) is 33.8 Å². The molecule has 12 heteroatoms. The summed E-state index contributed by atoms with van der Waals surface area (Å²) >= 11 is 8.47. The molecule has 0 aliphatic heterocycles. The number of aromatic nitrogens is 4. The van der Waals surface area contributed by atoms with E-state index in [9.17, 15) is 13.6 Å². The van der Waals surface area contributed by atoms with Crippen LogP contribution >= 0.6 is 34.7 Å². The van der Waals surface area contributed by atoms with Crippen molar-refractivity contribution in [1.82, 2.24) is 19.7 Å². The summed E-state index contributed by atoms with van der Waals surface area (Å²) in [4.78, 5) is 16.9. The third-order valence-corrected chi connectivity index (χ3v) is 6.82. The first-order valence-corrected chi connectivity index (χ1v) is 12.8. The second-order valence-corrected chi connectivity index (χ2v) is 9.54. The molecule has 182 valence electrons. The van der Waals surface area contributed by atoms with Crippen LogP contribution in [-0.4, -0.2) is 31.4 Å². The molecule has 35 heavy (non-hydrogen) atoms. The number of ether oxygens (including phenoxy) is 1. The van der Waals surface area contributed by atoms with Gasteiger partial charge < -0.3 is 14.6 Å². The molecule has 2 aromatic carbocycles. The lowest BCUT2D eigenvalue weighted by Crippen LogP contribution is -2.15. The van der Waals surface area contributed by atoms with Crippen LogP contribution in [0, 0.1) is 11.6 Å². The highest BCUT2D eigenvalue weighted by Gasteiger charge is 2.21. The van der Waals surface area contributed by atoms with E-state index in [2.05, 4.69) is 20.5 Å². The lowest BCUT2D eigenvalue weighted by molar-refractivity contribution is -0.113. The minimum Gasteiger partial charge on any atom is -0.480 e. The van der Waals surface area contributed by atoms with Gasteiger partial charge in [0.1, 0.15) is 5.82 Å². The zero-order valence-electron chi connectivity index (χ0n) is 18.7. The molecule has 0 bridgehead atoms. The average molecular weight is 536 g/mol. The Bertz CT molecular complexity index is 1330. The number of amides is 1. The highest BCUT2D eigenvalue weighted by atomic mass is 35.5. The summed E-state index contributed by atoms with van der Waals surface area (Å²) in [5, 5.41) is 14.6. The minimum absolute atomic E-state index is 0.0837. The maximum absolute atomic E-state index is 14.0. The molecule has 7 nitrogen and oxygen atoms in total. The number of nitrogens with zero attached hydrogens (tertiary/aromatic N) is 4. The summed E-state index contributed by atoms with van der Waals surface area (Å²) in [5.41, 5.74) is 1.65. The molecule has 1 atom stereocenters. The van der Waals surface area contributed by atoms with Gasteiger partial charge in [-0.05, 0) is 38.1 Å². The van der Waals surface area contributed by atoms with Crippen LogP contribution in [0.15, 0.2) is 53.0 Å². The Morgan fingerprint density at radius 3 is 2.71 bits per heavy atom. The van der Waals surface area contributed by atoms with E-state index in [1.807, 2.05) is 24.4 Å². The smallest absolute Gasteiger partial charge is 0.236 e. The molecule has 0 aliphatic rings. The molecular weight excluding hydrogens is 516 g/mol. The number of halogens is 3. The van der Waals surface area contributed by atoms with Gasteiger partial charge in [-0.1, -0.05) is 35.5 Å². The summed E-state index contributed by atoms with van der Waals surface area (Å²) in [6, 6.07) is 10.4. The van der Waals surface area contributed by atoms with Gasteiger partial charge in [-0.3, -0.25) is 4.79 Å². The number of rotatable bonds is 9. The highest BCUT2D eigenvalue weighted by Crippen LogP contribution is 2.28. The lowest BCUT2D eigenvalue weighted by atomic mass is 10.2. The van der Waals surface area contributed by atoms with Crippen molar-refractivity contribution in [1.29, 1.82) is 0 Å². The number of benzene rings is 2. The van der Waals surface area contributed by atoms with Crippen LogP contribution in [0.2, 0.25) is 5.02 Å². The summed E-state index contributed by atoms with van der Waals surface area (Å²) in [6.07, 6.45) is -0.646. The molecule has 0 saturated heterocycles. The van der Waals surface area contributed by atoms with Gasteiger partial charge in [0.2, 0.25) is 5.91 Å². The first kappa shape index (κ1) is 25.1. The van der Waals surface area contributed by atoms with Crippen LogP contribution in [0.4, 0.5) is 13.9 Å². The Labute approximate surface area is 213 Å². The van der Waals surface area contributed by atoms with E-state index in [1.54, 1.807) is 23.6 Å². The Kier molecular flexibility index (Phi) is 7.99.